The van der Waals surface area contributed by atoms with Gasteiger partial charge in [-0.1, -0.05) is 24.3 Å². The number of amides is 1. The number of nitriles is 1. The zero-order valence-electron chi connectivity index (χ0n) is 10.2. The molecule has 0 aromatic heterocycles. The summed E-state index contributed by atoms with van der Waals surface area (Å²) in [6.45, 7) is 4.64. The van der Waals surface area contributed by atoms with Gasteiger partial charge in [0.15, 0.2) is 0 Å². The van der Waals surface area contributed by atoms with E-state index in [1.54, 1.807) is 0 Å². The van der Waals surface area contributed by atoms with Gasteiger partial charge in [0.1, 0.15) is 0 Å². The van der Waals surface area contributed by atoms with E-state index in [4.69, 9.17) is 5.26 Å². The monoisotopic (exact) mass is 228 g/mol. The van der Waals surface area contributed by atoms with Crippen LogP contribution >= 0.6 is 0 Å². The summed E-state index contributed by atoms with van der Waals surface area (Å²) >= 11 is 0. The Hall–Kier alpha value is -1.82. The van der Waals surface area contributed by atoms with E-state index in [0.717, 1.165) is 0 Å². The summed E-state index contributed by atoms with van der Waals surface area (Å²) in [5.74, 6) is -0.0544. The number of hydrogen-bond donors (Lipinski definition) is 0. The Balaban J connectivity index is 2.22. The van der Waals surface area contributed by atoms with Crippen LogP contribution < -0.4 is 0 Å². The maximum Gasteiger partial charge on any atom is 0.224 e. The molecule has 1 fully saturated rings. The van der Waals surface area contributed by atoms with Crippen LogP contribution in [0.4, 0.5) is 0 Å². The zero-order valence-corrected chi connectivity index (χ0v) is 10.2. The second-order valence-electron chi connectivity index (χ2n) is 4.61. The van der Waals surface area contributed by atoms with Crippen molar-refractivity contribution in [2.45, 2.75) is 26.3 Å². The molecule has 1 aliphatic heterocycles. The Kier molecular flexibility index (Phi) is 3.14. The van der Waals surface area contributed by atoms with Crippen molar-refractivity contribution in [3.05, 3.63) is 35.4 Å². The average molecular weight is 228 g/mol. The minimum atomic E-state index is -0.144. The molecule has 0 N–H and O–H groups in total. The van der Waals surface area contributed by atoms with Crippen molar-refractivity contribution in [2.24, 2.45) is 5.92 Å². The molecule has 1 heterocycles. The van der Waals surface area contributed by atoms with E-state index in [2.05, 4.69) is 6.07 Å². The maximum absolute atomic E-state index is 11.8. The lowest BCUT2D eigenvalue weighted by Crippen LogP contribution is -2.28. The third-order valence-electron chi connectivity index (χ3n) is 3.45. The van der Waals surface area contributed by atoms with Crippen LogP contribution in [-0.4, -0.2) is 17.4 Å². The van der Waals surface area contributed by atoms with Crippen molar-refractivity contribution >= 4 is 5.91 Å². The van der Waals surface area contributed by atoms with Crippen molar-refractivity contribution in [1.29, 1.82) is 5.26 Å². The summed E-state index contributed by atoms with van der Waals surface area (Å²) in [7, 11) is 0. The zero-order chi connectivity index (χ0) is 12.4. The Morgan fingerprint density at radius 3 is 2.76 bits per heavy atom. The predicted octanol–water partition coefficient (Wildman–Crippen LogP) is 2.43. The minimum Gasteiger partial charge on any atom is -0.335 e. The number of nitrogens with zero attached hydrogens (tertiary/aromatic N) is 2. The van der Waals surface area contributed by atoms with Crippen LogP contribution in [0, 0.1) is 24.2 Å². The summed E-state index contributed by atoms with van der Waals surface area (Å²) in [5, 5.41) is 8.88. The molecular weight excluding hydrogens is 212 g/mol. The van der Waals surface area contributed by atoms with Crippen LogP contribution in [-0.2, 0) is 4.79 Å². The highest BCUT2D eigenvalue weighted by Gasteiger charge is 2.33. The lowest BCUT2D eigenvalue weighted by molar-refractivity contribution is -0.129. The largest absolute Gasteiger partial charge is 0.335 e. The van der Waals surface area contributed by atoms with Gasteiger partial charge in [-0.3, -0.25) is 4.79 Å². The number of likely N-dealkylation sites (tertiary alicyclic amines) is 1. The van der Waals surface area contributed by atoms with Crippen molar-refractivity contribution in [3.63, 3.8) is 0 Å². The first-order chi connectivity index (χ1) is 8.13. The molecule has 1 amide bonds. The molecule has 1 saturated heterocycles. The van der Waals surface area contributed by atoms with Crippen LogP contribution in [0.1, 0.15) is 30.5 Å². The van der Waals surface area contributed by atoms with Crippen molar-refractivity contribution in [3.8, 4) is 6.07 Å². The van der Waals surface area contributed by atoms with Crippen LogP contribution in [0.5, 0.6) is 0 Å². The van der Waals surface area contributed by atoms with E-state index in [-0.39, 0.29) is 17.9 Å². The standard InChI is InChI=1S/C14H16N2O/c1-10-5-3-4-6-13(10)11(2)16-9-12(8-15)7-14(16)17/h3-6,11-12H,7,9H2,1-2H3. The molecule has 0 spiro atoms. The predicted molar refractivity (Wildman–Crippen MR) is 65.0 cm³/mol. The molecule has 1 aromatic rings. The summed E-state index contributed by atoms with van der Waals surface area (Å²) in [4.78, 5) is 13.7. The number of carbonyl (C=O) groups is 1. The summed E-state index contributed by atoms with van der Waals surface area (Å²) in [5.41, 5.74) is 2.35. The number of hydrogen-bond acceptors (Lipinski definition) is 2. The van der Waals surface area contributed by atoms with E-state index in [1.165, 1.54) is 11.1 Å². The van der Waals surface area contributed by atoms with Gasteiger partial charge in [-0.25, -0.2) is 0 Å². The highest BCUT2D eigenvalue weighted by atomic mass is 16.2. The van der Waals surface area contributed by atoms with Crippen LogP contribution in [0.15, 0.2) is 24.3 Å². The highest BCUT2D eigenvalue weighted by Crippen LogP contribution is 2.29. The van der Waals surface area contributed by atoms with Gasteiger partial charge in [0.05, 0.1) is 18.0 Å². The molecule has 3 heteroatoms. The number of carbonyl (C=O) groups excluding carboxylic acids is 1. The van der Waals surface area contributed by atoms with Gasteiger partial charge in [0, 0.05) is 13.0 Å². The second-order valence-corrected chi connectivity index (χ2v) is 4.61. The van der Waals surface area contributed by atoms with E-state index in [0.29, 0.717) is 13.0 Å². The van der Waals surface area contributed by atoms with E-state index in [9.17, 15) is 4.79 Å². The van der Waals surface area contributed by atoms with Crippen LogP contribution in [0.2, 0.25) is 0 Å². The van der Waals surface area contributed by atoms with Gasteiger partial charge in [0.25, 0.3) is 0 Å². The normalized spacial score (nSPS) is 21.4. The van der Waals surface area contributed by atoms with Gasteiger partial charge >= 0.3 is 0 Å². The SMILES string of the molecule is Cc1ccccc1C(C)N1CC(C#N)CC1=O. The van der Waals surface area contributed by atoms with Crippen LogP contribution in [0.3, 0.4) is 0 Å². The smallest absolute Gasteiger partial charge is 0.224 e. The molecule has 2 unspecified atom stereocenters. The molecule has 2 rings (SSSR count). The van der Waals surface area contributed by atoms with E-state index >= 15 is 0 Å². The molecule has 1 aromatic carbocycles. The number of rotatable bonds is 2. The van der Waals surface area contributed by atoms with Crippen LogP contribution in [0.25, 0.3) is 0 Å². The number of aryl methyl sites for hydroxylation is 1. The Bertz CT molecular complexity index is 475. The fourth-order valence-electron chi connectivity index (χ4n) is 2.42. The van der Waals surface area contributed by atoms with Gasteiger partial charge in [0.2, 0.25) is 5.91 Å². The molecule has 17 heavy (non-hydrogen) atoms. The molecule has 0 aliphatic carbocycles. The van der Waals surface area contributed by atoms with Crippen molar-refractivity contribution in [1.82, 2.24) is 4.90 Å². The highest BCUT2D eigenvalue weighted by molar-refractivity contribution is 5.79. The molecule has 1 aliphatic rings. The Labute approximate surface area is 102 Å². The Morgan fingerprint density at radius 1 is 1.47 bits per heavy atom. The van der Waals surface area contributed by atoms with E-state index in [1.807, 2.05) is 43.0 Å². The summed E-state index contributed by atoms with van der Waals surface area (Å²) in [6, 6.07) is 10.3. The quantitative estimate of drug-likeness (QED) is 0.780. The van der Waals surface area contributed by atoms with Gasteiger partial charge in [-0.05, 0) is 25.0 Å². The van der Waals surface area contributed by atoms with Gasteiger partial charge < -0.3 is 4.90 Å². The average Bonchev–Trinajstić information content (AvgIpc) is 2.70. The molecule has 0 saturated carbocycles. The molecule has 2 atom stereocenters. The molecule has 88 valence electrons. The fourth-order valence-corrected chi connectivity index (χ4v) is 2.42. The third kappa shape index (κ3) is 2.16. The lowest BCUT2D eigenvalue weighted by atomic mass is 10.0. The van der Waals surface area contributed by atoms with E-state index < -0.39 is 0 Å². The number of benzene rings is 1. The topological polar surface area (TPSA) is 44.1 Å². The Morgan fingerprint density at radius 2 is 2.18 bits per heavy atom. The summed E-state index contributed by atoms with van der Waals surface area (Å²) < 4.78 is 0. The molecule has 0 radical (unpaired) electrons. The first-order valence-corrected chi connectivity index (χ1v) is 5.88. The second kappa shape index (κ2) is 4.58. The third-order valence-corrected chi connectivity index (χ3v) is 3.45. The fraction of sp³-hybridized carbons (Fsp3) is 0.429. The summed E-state index contributed by atoms with van der Waals surface area (Å²) in [6.07, 6.45) is 0.368. The lowest BCUT2D eigenvalue weighted by Gasteiger charge is -2.26. The van der Waals surface area contributed by atoms with Crippen molar-refractivity contribution < 1.29 is 4.79 Å². The van der Waals surface area contributed by atoms with Gasteiger partial charge in [-0.2, -0.15) is 5.26 Å². The first-order valence-electron chi connectivity index (χ1n) is 5.88. The first kappa shape index (κ1) is 11.7. The maximum atomic E-state index is 11.8. The molecular formula is C14H16N2O. The van der Waals surface area contributed by atoms with Gasteiger partial charge in [-0.15, -0.1) is 0 Å². The molecule has 3 nitrogen and oxygen atoms in total. The van der Waals surface area contributed by atoms with Crippen molar-refractivity contribution in [2.75, 3.05) is 6.54 Å². The molecule has 0 bridgehead atoms. The minimum absolute atomic E-state index is 0.0575.